The fourth-order valence-corrected chi connectivity index (χ4v) is 1.73. The van der Waals surface area contributed by atoms with Crippen LogP contribution in [0.1, 0.15) is 0 Å². The predicted molar refractivity (Wildman–Crippen MR) is 71.2 cm³/mol. The maximum atomic E-state index is 5.71. The van der Waals surface area contributed by atoms with Gasteiger partial charge in [-0.25, -0.2) is 0 Å². The summed E-state index contributed by atoms with van der Waals surface area (Å²) in [6.07, 6.45) is 18.3. The van der Waals surface area contributed by atoms with Gasteiger partial charge >= 0.3 is 0 Å². The Bertz CT molecular complexity index is 162. The molecule has 3 heteroatoms. The minimum absolute atomic E-state index is 0. The molecule has 0 atom stereocenters. The van der Waals surface area contributed by atoms with Crippen molar-refractivity contribution >= 4 is 8.32 Å². The van der Waals surface area contributed by atoms with E-state index in [1.807, 2.05) is 44.9 Å². The second-order valence-electron chi connectivity index (χ2n) is 4.66. The van der Waals surface area contributed by atoms with Crippen molar-refractivity contribution in [2.24, 2.45) is 0 Å². The van der Waals surface area contributed by atoms with Gasteiger partial charge in [0.05, 0.1) is 0 Å². The van der Waals surface area contributed by atoms with Gasteiger partial charge in [-0.15, -0.1) is 0 Å². The van der Waals surface area contributed by atoms with Gasteiger partial charge < -0.3 is 4.43 Å². The predicted octanol–water partition coefficient (Wildman–Crippen LogP) is 3.26. The summed E-state index contributed by atoms with van der Waals surface area (Å²) < 4.78 is 5.71. The largest absolute Gasteiger partial charge is 0.417 e. The average molecular weight is 288 g/mol. The molecule has 2 fully saturated rings. The van der Waals surface area contributed by atoms with Gasteiger partial charge in [-0.05, 0) is 77.4 Å². The van der Waals surface area contributed by atoms with Gasteiger partial charge in [0.25, 0.3) is 0 Å². The van der Waals surface area contributed by atoms with E-state index in [-0.39, 0.29) is 17.1 Å². The molecule has 10 radical (unpaired) electrons. The Morgan fingerprint density at radius 1 is 0.824 bits per heavy atom. The zero-order valence-electron chi connectivity index (χ0n) is 10.7. The summed E-state index contributed by atoms with van der Waals surface area (Å²) in [4.78, 5) is 0. The van der Waals surface area contributed by atoms with Crippen LogP contribution in [0.15, 0.2) is 0 Å². The van der Waals surface area contributed by atoms with E-state index < -0.39 is 8.32 Å². The van der Waals surface area contributed by atoms with Crippen molar-refractivity contribution in [3.63, 3.8) is 0 Å². The zero-order valence-corrected chi connectivity index (χ0v) is 12.8. The van der Waals surface area contributed by atoms with E-state index in [2.05, 4.69) is 32.5 Å². The fourth-order valence-electron chi connectivity index (χ4n) is 1.13. The van der Waals surface area contributed by atoms with Crippen LogP contribution in [-0.2, 0) is 21.5 Å². The summed E-state index contributed by atoms with van der Waals surface area (Å²) >= 11 is 0. The zero-order chi connectivity index (χ0) is 11.9. The van der Waals surface area contributed by atoms with Crippen molar-refractivity contribution < 1.29 is 21.5 Å². The maximum Gasteiger partial charge on any atom is 0.183 e. The molecule has 0 N–H and O–H groups in total. The van der Waals surface area contributed by atoms with Gasteiger partial charge in [0.2, 0.25) is 0 Å². The van der Waals surface area contributed by atoms with E-state index >= 15 is 0 Å². The fraction of sp³-hybridized carbons (Fsp3) is 0.286. The van der Waals surface area contributed by atoms with E-state index in [0.717, 1.165) is 6.61 Å². The molecule has 2 aliphatic carbocycles. The molecule has 0 aromatic rings. The third-order valence-corrected chi connectivity index (χ3v) is 2.97. The molecule has 2 saturated carbocycles. The van der Waals surface area contributed by atoms with Crippen LogP contribution in [0.5, 0.6) is 0 Å². The summed E-state index contributed by atoms with van der Waals surface area (Å²) in [5, 5.41) is 0. The molecule has 0 aromatic heterocycles. The monoisotopic (exact) mass is 288 g/mol. The molecule has 0 bridgehead atoms. The third kappa shape index (κ3) is 10.3. The Balaban J connectivity index is 0.000000360. The number of rotatable bonds is 3. The van der Waals surface area contributed by atoms with Crippen LogP contribution in [0.4, 0.5) is 0 Å². The third-order valence-electron chi connectivity index (χ3n) is 1.96. The molecule has 0 amide bonds. The van der Waals surface area contributed by atoms with Crippen molar-refractivity contribution in [2.75, 3.05) is 6.61 Å². The van der Waals surface area contributed by atoms with E-state index in [4.69, 9.17) is 4.43 Å². The molecule has 0 heterocycles. The van der Waals surface area contributed by atoms with Crippen molar-refractivity contribution in [1.29, 1.82) is 0 Å². The summed E-state index contributed by atoms with van der Waals surface area (Å²) in [7, 11) is -1.31. The van der Waals surface area contributed by atoms with E-state index in [9.17, 15) is 0 Å². The van der Waals surface area contributed by atoms with Gasteiger partial charge in [-0.2, -0.15) is 0 Å². The van der Waals surface area contributed by atoms with Crippen molar-refractivity contribution in [2.45, 2.75) is 19.6 Å². The van der Waals surface area contributed by atoms with Crippen molar-refractivity contribution in [3.05, 3.63) is 63.7 Å². The van der Waals surface area contributed by atoms with Gasteiger partial charge in [0.1, 0.15) is 0 Å². The molecule has 0 spiro atoms. The summed E-state index contributed by atoms with van der Waals surface area (Å²) in [5.74, 6) is 1.28. The maximum absolute atomic E-state index is 5.71. The second kappa shape index (κ2) is 9.60. The SMILES string of the molecule is C[Si](C)(C)OC[C]1[CH][CH][CH][CH]1.[CH]1[CH][CH][CH][CH]1.[Fe]. The second-order valence-corrected chi connectivity index (χ2v) is 9.17. The Hall–Kier alpha value is 0.696. The minimum Gasteiger partial charge on any atom is -0.417 e. The molecule has 0 aromatic carbocycles. The van der Waals surface area contributed by atoms with Gasteiger partial charge in [0, 0.05) is 29.6 Å². The first-order chi connectivity index (χ1) is 7.58. The first kappa shape index (κ1) is 17.7. The Morgan fingerprint density at radius 2 is 1.24 bits per heavy atom. The topological polar surface area (TPSA) is 9.23 Å². The van der Waals surface area contributed by atoms with Gasteiger partial charge in [-0.1, -0.05) is 0 Å². The molecule has 17 heavy (non-hydrogen) atoms. The summed E-state index contributed by atoms with van der Waals surface area (Å²) in [6.45, 7) is 7.39. The van der Waals surface area contributed by atoms with Crippen LogP contribution in [0, 0.1) is 63.7 Å². The molecule has 0 saturated heterocycles. The quantitative estimate of drug-likeness (QED) is 0.724. The van der Waals surface area contributed by atoms with Gasteiger partial charge in [-0.3, -0.25) is 0 Å². The normalized spacial score (nSPS) is 20.6. The van der Waals surface area contributed by atoms with Crippen LogP contribution in [0.3, 0.4) is 0 Å². The van der Waals surface area contributed by atoms with Crippen molar-refractivity contribution in [3.8, 4) is 0 Å². The van der Waals surface area contributed by atoms with Crippen LogP contribution < -0.4 is 0 Å². The molecule has 1 nitrogen and oxygen atoms in total. The van der Waals surface area contributed by atoms with Crippen LogP contribution in [-0.4, -0.2) is 14.9 Å². The Kier molecular flexibility index (Phi) is 10.00. The molecule has 0 unspecified atom stereocenters. The molecular formula is C14H20FeOSi. The summed E-state index contributed by atoms with van der Waals surface area (Å²) in [5.41, 5.74) is 0. The molecule has 2 aliphatic rings. The molecule has 94 valence electrons. The number of hydrogen-bond donors (Lipinski definition) is 0. The molecule has 0 aliphatic heterocycles. The molecular weight excluding hydrogens is 268 g/mol. The Labute approximate surface area is 120 Å². The summed E-state index contributed by atoms with van der Waals surface area (Å²) in [6, 6.07) is 0. The average Bonchev–Trinajstić information content (AvgIpc) is 2.90. The van der Waals surface area contributed by atoms with Crippen molar-refractivity contribution in [1.82, 2.24) is 0 Å². The van der Waals surface area contributed by atoms with E-state index in [0.29, 0.717) is 0 Å². The van der Waals surface area contributed by atoms with Gasteiger partial charge in [0.15, 0.2) is 8.32 Å². The molecule has 2 rings (SSSR count). The first-order valence-electron chi connectivity index (χ1n) is 5.59. The standard InChI is InChI=1S/C9H15OSi.C5H5.Fe/c1-11(2,3)10-8-9-6-4-5-7-9;1-2-4-5-3-1;/h4-7H,8H2,1-3H3;1-5H;. The minimum atomic E-state index is -1.31. The first-order valence-corrected chi connectivity index (χ1v) is 9.00. The van der Waals surface area contributed by atoms with Crippen LogP contribution in [0.25, 0.3) is 0 Å². The number of hydrogen-bond acceptors (Lipinski definition) is 1. The van der Waals surface area contributed by atoms with E-state index in [1.165, 1.54) is 5.92 Å². The van der Waals surface area contributed by atoms with Crippen LogP contribution >= 0.6 is 0 Å². The van der Waals surface area contributed by atoms with Crippen LogP contribution in [0.2, 0.25) is 19.6 Å². The smallest absolute Gasteiger partial charge is 0.183 e. The Morgan fingerprint density at radius 3 is 1.59 bits per heavy atom. The van der Waals surface area contributed by atoms with E-state index in [1.54, 1.807) is 0 Å².